The SMILES string of the molecule is COc1cccc(C(N)COC(C)CC(C)C)c1. The van der Waals surface area contributed by atoms with Gasteiger partial charge in [-0.25, -0.2) is 0 Å². The van der Waals surface area contributed by atoms with Gasteiger partial charge >= 0.3 is 0 Å². The molecule has 2 atom stereocenters. The van der Waals surface area contributed by atoms with Gasteiger partial charge in [-0.2, -0.15) is 0 Å². The second-order valence-electron chi connectivity index (χ2n) is 5.16. The molecule has 0 heterocycles. The average Bonchev–Trinajstić information content (AvgIpc) is 2.35. The minimum absolute atomic E-state index is 0.102. The summed E-state index contributed by atoms with van der Waals surface area (Å²) in [6.07, 6.45) is 1.31. The predicted molar refractivity (Wildman–Crippen MR) is 74.8 cm³/mol. The summed E-state index contributed by atoms with van der Waals surface area (Å²) in [5.74, 6) is 1.48. The van der Waals surface area contributed by atoms with Crippen LogP contribution in [-0.2, 0) is 4.74 Å². The third kappa shape index (κ3) is 5.07. The van der Waals surface area contributed by atoms with Crippen LogP contribution in [-0.4, -0.2) is 19.8 Å². The molecule has 3 heteroatoms. The Balaban J connectivity index is 2.46. The monoisotopic (exact) mass is 251 g/mol. The van der Waals surface area contributed by atoms with Crippen molar-refractivity contribution in [1.29, 1.82) is 0 Å². The van der Waals surface area contributed by atoms with Gasteiger partial charge in [0.1, 0.15) is 5.75 Å². The molecule has 0 aliphatic carbocycles. The number of benzene rings is 1. The molecule has 0 aliphatic rings. The zero-order valence-corrected chi connectivity index (χ0v) is 11.8. The summed E-state index contributed by atoms with van der Waals surface area (Å²) in [6.45, 7) is 7.03. The molecule has 3 nitrogen and oxygen atoms in total. The van der Waals surface area contributed by atoms with Crippen LogP contribution in [0, 0.1) is 5.92 Å². The van der Waals surface area contributed by atoms with Crippen molar-refractivity contribution >= 4 is 0 Å². The minimum Gasteiger partial charge on any atom is -0.497 e. The molecular formula is C15H25NO2. The molecule has 1 aromatic rings. The highest BCUT2D eigenvalue weighted by atomic mass is 16.5. The van der Waals surface area contributed by atoms with Crippen LogP contribution in [0.1, 0.15) is 38.8 Å². The molecule has 0 saturated carbocycles. The fraction of sp³-hybridized carbons (Fsp3) is 0.600. The first-order valence-corrected chi connectivity index (χ1v) is 6.54. The molecule has 0 bridgehead atoms. The number of hydrogen-bond acceptors (Lipinski definition) is 3. The lowest BCUT2D eigenvalue weighted by Gasteiger charge is -2.19. The first-order chi connectivity index (χ1) is 8.52. The fourth-order valence-electron chi connectivity index (χ4n) is 1.97. The summed E-state index contributed by atoms with van der Waals surface area (Å²) in [5, 5.41) is 0. The van der Waals surface area contributed by atoms with Gasteiger partial charge in [0.2, 0.25) is 0 Å². The Labute approximate surface area is 110 Å². The Kier molecular flexibility index (Phi) is 6.16. The Bertz CT molecular complexity index is 352. The van der Waals surface area contributed by atoms with Crippen LogP contribution < -0.4 is 10.5 Å². The fourth-order valence-corrected chi connectivity index (χ4v) is 1.97. The van der Waals surface area contributed by atoms with Gasteiger partial charge in [0.05, 0.1) is 25.9 Å². The summed E-state index contributed by atoms with van der Waals surface area (Å²) in [7, 11) is 1.66. The largest absolute Gasteiger partial charge is 0.497 e. The molecule has 0 aliphatic heterocycles. The number of rotatable bonds is 7. The Hall–Kier alpha value is -1.06. The Morgan fingerprint density at radius 3 is 2.56 bits per heavy atom. The molecule has 0 fully saturated rings. The van der Waals surface area contributed by atoms with Gasteiger partial charge in [-0.1, -0.05) is 26.0 Å². The van der Waals surface area contributed by atoms with E-state index in [1.807, 2.05) is 24.3 Å². The van der Waals surface area contributed by atoms with Gasteiger partial charge < -0.3 is 15.2 Å². The Morgan fingerprint density at radius 1 is 1.22 bits per heavy atom. The van der Waals surface area contributed by atoms with Crippen molar-refractivity contribution in [2.45, 2.75) is 39.3 Å². The molecule has 2 unspecified atom stereocenters. The van der Waals surface area contributed by atoms with Crippen molar-refractivity contribution in [2.24, 2.45) is 11.7 Å². The third-order valence-electron chi connectivity index (χ3n) is 2.89. The van der Waals surface area contributed by atoms with Crippen molar-refractivity contribution in [3.63, 3.8) is 0 Å². The Morgan fingerprint density at radius 2 is 1.94 bits per heavy atom. The maximum atomic E-state index is 6.12. The standard InChI is InChI=1S/C15H25NO2/c1-11(2)8-12(3)18-10-15(16)13-6-5-7-14(9-13)17-4/h5-7,9,11-12,15H,8,10,16H2,1-4H3. The number of methoxy groups -OCH3 is 1. The molecule has 0 radical (unpaired) electrons. The lowest BCUT2D eigenvalue weighted by Crippen LogP contribution is -2.21. The summed E-state index contributed by atoms with van der Waals surface area (Å²) in [6, 6.07) is 7.73. The highest BCUT2D eigenvalue weighted by Gasteiger charge is 2.11. The van der Waals surface area contributed by atoms with Crippen molar-refractivity contribution < 1.29 is 9.47 Å². The molecule has 0 saturated heterocycles. The van der Waals surface area contributed by atoms with E-state index in [0.29, 0.717) is 12.5 Å². The predicted octanol–water partition coefficient (Wildman–Crippen LogP) is 3.15. The quantitative estimate of drug-likeness (QED) is 0.809. The second kappa shape index (κ2) is 7.39. The van der Waals surface area contributed by atoms with Crippen LogP contribution >= 0.6 is 0 Å². The third-order valence-corrected chi connectivity index (χ3v) is 2.89. The van der Waals surface area contributed by atoms with Gasteiger partial charge in [-0.3, -0.25) is 0 Å². The first kappa shape index (κ1) is 15.0. The van der Waals surface area contributed by atoms with E-state index in [9.17, 15) is 0 Å². The van der Waals surface area contributed by atoms with Crippen LogP contribution in [0.3, 0.4) is 0 Å². The van der Waals surface area contributed by atoms with Gasteiger partial charge in [0, 0.05) is 0 Å². The molecule has 0 amide bonds. The topological polar surface area (TPSA) is 44.5 Å². The van der Waals surface area contributed by atoms with E-state index in [2.05, 4.69) is 20.8 Å². The van der Waals surface area contributed by atoms with E-state index in [1.165, 1.54) is 0 Å². The van der Waals surface area contributed by atoms with Crippen molar-refractivity contribution in [3.8, 4) is 5.75 Å². The van der Waals surface area contributed by atoms with Crippen LogP contribution in [0.2, 0.25) is 0 Å². The van der Waals surface area contributed by atoms with E-state index in [4.69, 9.17) is 15.2 Å². The minimum atomic E-state index is -0.102. The first-order valence-electron chi connectivity index (χ1n) is 6.54. The zero-order chi connectivity index (χ0) is 13.5. The maximum Gasteiger partial charge on any atom is 0.119 e. The second-order valence-corrected chi connectivity index (χ2v) is 5.16. The molecule has 102 valence electrons. The van der Waals surface area contributed by atoms with E-state index in [1.54, 1.807) is 7.11 Å². The normalized spacial score (nSPS) is 14.6. The van der Waals surface area contributed by atoms with Crippen LogP contribution in [0.25, 0.3) is 0 Å². The summed E-state index contributed by atoms with van der Waals surface area (Å²) < 4.78 is 11.0. The molecule has 1 aromatic carbocycles. The van der Waals surface area contributed by atoms with E-state index in [0.717, 1.165) is 17.7 Å². The maximum absolute atomic E-state index is 6.12. The molecular weight excluding hydrogens is 226 g/mol. The van der Waals surface area contributed by atoms with Gasteiger partial charge in [0.25, 0.3) is 0 Å². The number of nitrogens with two attached hydrogens (primary N) is 1. The van der Waals surface area contributed by atoms with Gasteiger partial charge in [-0.15, -0.1) is 0 Å². The number of hydrogen-bond donors (Lipinski definition) is 1. The lowest BCUT2D eigenvalue weighted by molar-refractivity contribution is 0.0430. The van der Waals surface area contributed by atoms with E-state index in [-0.39, 0.29) is 12.1 Å². The van der Waals surface area contributed by atoms with Crippen LogP contribution in [0.5, 0.6) is 5.75 Å². The van der Waals surface area contributed by atoms with Crippen molar-refractivity contribution in [3.05, 3.63) is 29.8 Å². The zero-order valence-electron chi connectivity index (χ0n) is 11.8. The molecule has 18 heavy (non-hydrogen) atoms. The molecule has 2 N–H and O–H groups in total. The highest BCUT2D eigenvalue weighted by molar-refractivity contribution is 5.30. The lowest BCUT2D eigenvalue weighted by atomic mass is 10.1. The summed E-state index contributed by atoms with van der Waals surface area (Å²) in [4.78, 5) is 0. The highest BCUT2D eigenvalue weighted by Crippen LogP contribution is 2.18. The van der Waals surface area contributed by atoms with Gasteiger partial charge in [0.15, 0.2) is 0 Å². The van der Waals surface area contributed by atoms with E-state index < -0.39 is 0 Å². The van der Waals surface area contributed by atoms with Crippen molar-refractivity contribution in [1.82, 2.24) is 0 Å². The van der Waals surface area contributed by atoms with Crippen LogP contribution in [0.15, 0.2) is 24.3 Å². The summed E-state index contributed by atoms with van der Waals surface area (Å²) >= 11 is 0. The number of ether oxygens (including phenoxy) is 2. The average molecular weight is 251 g/mol. The molecule has 1 rings (SSSR count). The molecule has 0 spiro atoms. The van der Waals surface area contributed by atoms with Crippen molar-refractivity contribution in [2.75, 3.05) is 13.7 Å². The van der Waals surface area contributed by atoms with Gasteiger partial charge in [-0.05, 0) is 37.0 Å². The van der Waals surface area contributed by atoms with Crippen LogP contribution in [0.4, 0.5) is 0 Å². The molecule has 0 aromatic heterocycles. The smallest absolute Gasteiger partial charge is 0.119 e. The summed E-state index contributed by atoms with van der Waals surface area (Å²) in [5.41, 5.74) is 7.16. The van der Waals surface area contributed by atoms with E-state index >= 15 is 0 Å².